The van der Waals surface area contributed by atoms with E-state index < -0.39 is 0 Å². The van der Waals surface area contributed by atoms with Crippen molar-refractivity contribution in [1.29, 1.82) is 0 Å². The van der Waals surface area contributed by atoms with Gasteiger partial charge < -0.3 is 0 Å². The Labute approximate surface area is 107 Å². The maximum Gasteiger partial charge on any atom is 0.196 e. The summed E-state index contributed by atoms with van der Waals surface area (Å²) in [7, 11) is 0. The molecule has 3 nitrogen and oxygen atoms in total. The lowest BCUT2D eigenvalue weighted by molar-refractivity contribution is 0.100. The molecule has 0 fully saturated rings. The van der Waals surface area contributed by atoms with Crippen LogP contribution >= 0.6 is 0 Å². The number of Topliss-reactive ketones (excluding diaryl/α,β-unsaturated/α-hetero) is 1. The molecule has 0 saturated heterocycles. The van der Waals surface area contributed by atoms with Crippen LogP contribution in [0.1, 0.15) is 34.2 Å². The first-order valence-corrected chi connectivity index (χ1v) is 5.91. The lowest BCUT2D eigenvalue weighted by atomic mass is 9.97. The number of ketones is 1. The van der Waals surface area contributed by atoms with E-state index in [2.05, 4.69) is 42.9 Å². The van der Waals surface area contributed by atoms with E-state index in [1.54, 1.807) is 6.20 Å². The number of aromatic nitrogens is 2. The fraction of sp³-hybridized carbons (Fsp3) is 0.267. The molecule has 0 aliphatic rings. The van der Waals surface area contributed by atoms with Gasteiger partial charge in [-0.1, -0.05) is 17.7 Å². The van der Waals surface area contributed by atoms with E-state index in [0.717, 1.165) is 11.3 Å². The smallest absolute Gasteiger partial charge is 0.196 e. The van der Waals surface area contributed by atoms with Gasteiger partial charge in [-0.2, -0.15) is 0 Å². The minimum Gasteiger partial charge on any atom is -0.291 e. The van der Waals surface area contributed by atoms with Crippen molar-refractivity contribution in [2.75, 3.05) is 0 Å². The Morgan fingerprint density at radius 1 is 1.11 bits per heavy atom. The number of carbonyl (C=O) groups excluding carboxylic acids is 1. The second-order valence-corrected chi connectivity index (χ2v) is 4.60. The zero-order valence-electron chi connectivity index (χ0n) is 11.1. The molecule has 3 heteroatoms. The molecule has 2 aromatic rings. The molecule has 1 heterocycles. The van der Waals surface area contributed by atoms with E-state index in [1.807, 2.05) is 6.07 Å². The molecule has 0 unspecified atom stereocenters. The normalized spacial score (nSPS) is 10.4. The van der Waals surface area contributed by atoms with Gasteiger partial charge in [0.05, 0.1) is 5.69 Å². The molecule has 92 valence electrons. The number of rotatable bonds is 2. The van der Waals surface area contributed by atoms with Crippen LogP contribution in [0.3, 0.4) is 0 Å². The number of aryl methyl sites for hydroxylation is 3. The van der Waals surface area contributed by atoms with Crippen LogP contribution < -0.4 is 0 Å². The Hall–Kier alpha value is -2.03. The van der Waals surface area contributed by atoms with Crippen molar-refractivity contribution in [3.05, 3.63) is 46.9 Å². The third kappa shape index (κ3) is 2.30. The summed E-state index contributed by atoms with van der Waals surface area (Å²) in [5, 5.41) is 0. The number of hydrogen-bond acceptors (Lipinski definition) is 3. The molecular formula is C15H16N2O. The van der Waals surface area contributed by atoms with E-state index in [0.29, 0.717) is 0 Å². The Kier molecular flexibility index (Phi) is 3.24. The van der Waals surface area contributed by atoms with Crippen molar-refractivity contribution < 1.29 is 4.79 Å². The summed E-state index contributed by atoms with van der Waals surface area (Å²) in [6, 6.07) is 6.09. The molecule has 1 aromatic heterocycles. The van der Waals surface area contributed by atoms with Crippen LogP contribution in [-0.2, 0) is 0 Å². The molecule has 0 amide bonds. The summed E-state index contributed by atoms with van der Waals surface area (Å²) in [6.07, 6.45) is 1.64. The third-order valence-electron chi connectivity index (χ3n) is 2.90. The van der Waals surface area contributed by atoms with Crippen molar-refractivity contribution in [2.24, 2.45) is 0 Å². The van der Waals surface area contributed by atoms with Crippen LogP contribution in [0.25, 0.3) is 11.3 Å². The topological polar surface area (TPSA) is 42.9 Å². The molecule has 0 radical (unpaired) electrons. The molecule has 1 aromatic carbocycles. The number of carbonyl (C=O) groups is 1. The van der Waals surface area contributed by atoms with Crippen molar-refractivity contribution in [2.45, 2.75) is 27.7 Å². The largest absolute Gasteiger partial charge is 0.291 e. The van der Waals surface area contributed by atoms with E-state index >= 15 is 0 Å². The van der Waals surface area contributed by atoms with Gasteiger partial charge >= 0.3 is 0 Å². The van der Waals surface area contributed by atoms with Gasteiger partial charge in [-0.05, 0) is 38.0 Å². The Morgan fingerprint density at radius 2 is 1.72 bits per heavy atom. The van der Waals surface area contributed by atoms with Gasteiger partial charge in [0.15, 0.2) is 11.6 Å². The molecule has 0 spiro atoms. The molecule has 0 bridgehead atoms. The molecule has 2 rings (SSSR count). The summed E-state index contributed by atoms with van der Waals surface area (Å²) >= 11 is 0. The van der Waals surface area contributed by atoms with E-state index in [1.165, 1.54) is 23.6 Å². The molecule has 0 aliphatic heterocycles. The van der Waals surface area contributed by atoms with Gasteiger partial charge in [-0.3, -0.25) is 4.79 Å². The SMILES string of the molecule is CC(=O)c1nccc(-c2c(C)cc(C)cc2C)n1. The molecule has 0 atom stereocenters. The van der Waals surface area contributed by atoms with Gasteiger partial charge in [0.2, 0.25) is 0 Å². The van der Waals surface area contributed by atoms with Crippen LogP contribution in [0.4, 0.5) is 0 Å². The van der Waals surface area contributed by atoms with Gasteiger partial charge in [0.25, 0.3) is 0 Å². The Balaban J connectivity index is 2.62. The van der Waals surface area contributed by atoms with Crippen molar-refractivity contribution in [3.8, 4) is 11.3 Å². The summed E-state index contributed by atoms with van der Waals surface area (Å²) in [5.74, 6) is 0.158. The van der Waals surface area contributed by atoms with Crippen LogP contribution in [0, 0.1) is 20.8 Å². The van der Waals surface area contributed by atoms with Gasteiger partial charge in [0.1, 0.15) is 0 Å². The van der Waals surface area contributed by atoms with E-state index in [9.17, 15) is 4.79 Å². The zero-order valence-corrected chi connectivity index (χ0v) is 11.1. The molecule has 0 aliphatic carbocycles. The second kappa shape index (κ2) is 4.69. The summed E-state index contributed by atoms with van der Waals surface area (Å²) in [5.41, 5.74) is 5.46. The minimum atomic E-state index is -0.112. The number of nitrogens with zero attached hydrogens (tertiary/aromatic N) is 2. The highest BCUT2D eigenvalue weighted by Crippen LogP contribution is 2.26. The monoisotopic (exact) mass is 240 g/mol. The lowest BCUT2D eigenvalue weighted by Crippen LogP contribution is -2.02. The first-order chi connectivity index (χ1) is 8.49. The highest BCUT2D eigenvalue weighted by molar-refractivity contribution is 5.90. The van der Waals surface area contributed by atoms with Gasteiger partial charge in [-0.15, -0.1) is 0 Å². The highest BCUT2D eigenvalue weighted by Gasteiger charge is 2.10. The molecule has 18 heavy (non-hydrogen) atoms. The van der Waals surface area contributed by atoms with Crippen LogP contribution in [-0.4, -0.2) is 15.8 Å². The van der Waals surface area contributed by atoms with Crippen LogP contribution in [0.2, 0.25) is 0 Å². The van der Waals surface area contributed by atoms with E-state index in [-0.39, 0.29) is 11.6 Å². The third-order valence-corrected chi connectivity index (χ3v) is 2.90. The summed E-state index contributed by atoms with van der Waals surface area (Å²) in [6.45, 7) is 7.68. The average Bonchev–Trinajstić information content (AvgIpc) is 2.28. The zero-order chi connectivity index (χ0) is 13.3. The molecular weight excluding hydrogens is 224 g/mol. The number of hydrogen-bond donors (Lipinski definition) is 0. The summed E-state index contributed by atoms with van der Waals surface area (Å²) in [4.78, 5) is 19.6. The highest BCUT2D eigenvalue weighted by atomic mass is 16.1. The van der Waals surface area contributed by atoms with Crippen molar-refractivity contribution in [1.82, 2.24) is 9.97 Å². The predicted molar refractivity (Wildman–Crippen MR) is 71.7 cm³/mol. The number of benzene rings is 1. The first-order valence-electron chi connectivity index (χ1n) is 5.91. The standard InChI is InChI=1S/C15H16N2O/c1-9-7-10(2)14(11(3)8-9)13-5-6-16-15(17-13)12(4)18/h5-8H,1-4H3. The molecule has 0 saturated carbocycles. The van der Waals surface area contributed by atoms with E-state index in [4.69, 9.17) is 0 Å². The average molecular weight is 240 g/mol. The quantitative estimate of drug-likeness (QED) is 0.756. The fourth-order valence-corrected chi connectivity index (χ4v) is 2.25. The predicted octanol–water partition coefficient (Wildman–Crippen LogP) is 3.27. The first kappa shape index (κ1) is 12.4. The minimum absolute atomic E-state index is 0.112. The maximum absolute atomic E-state index is 11.3. The van der Waals surface area contributed by atoms with Crippen LogP contribution in [0.5, 0.6) is 0 Å². The van der Waals surface area contributed by atoms with Crippen LogP contribution in [0.15, 0.2) is 24.4 Å². The van der Waals surface area contributed by atoms with Gasteiger partial charge in [0, 0.05) is 18.7 Å². The lowest BCUT2D eigenvalue weighted by Gasteiger charge is -2.11. The Bertz CT molecular complexity index is 595. The fourth-order valence-electron chi connectivity index (χ4n) is 2.25. The van der Waals surface area contributed by atoms with Crippen molar-refractivity contribution in [3.63, 3.8) is 0 Å². The second-order valence-electron chi connectivity index (χ2n) is 4.60. The Morgan fingerprint density at radius 3 is 2.28 bits per heavy atom. The van der Waals surface area contributed by atoms with Crippen molar-refractivity contribution >= 4 is 5.78 Å². The summed E-state index contributed by atoms with van der Waals surface area (Å²) < 4.78 is 0. The molecule has 0 N–H and O–H groups in total. The van der Waals surface area contributed by atoms with Gasteiger partial charge in [-0.25, -0.2) is 9.97 Å². The maximum atomic E-state index is 11.3.